The van der Waals surface area contributed by atoms with Crippen LogP contribution in [-0.2, 0) is 22.6 Å². The lowest BCUT2D eigenvalue weighted by Gasteiger charge is -2.32. The molecule has 3 aromatic rings. The van der Waals surface area contributed by atoms with Crippen molar-refractivity contribution in [1.82, 2.24) is 15.1 Å². The Morgan fingerprint density at radius 2 is 1.56 bits per heavy atom. The van der Waals surface area contributed by atoms with E-state index in [1.54, 1.807) is 32.7 Å². The molecule has 3 aromatic carbocycles. The molecule has 1 aliphatic heterocycles. The van der Waals surface area contributed by atoms with Gasteiger partial charge in [0.15, 0.2) is 5.78 Å². The molecular formula is C36H45N3O4. The molecule has 1 fully saturated rings. The van der Waals surface area contributed by atoms with E-state index in [1.807, 2.05) is 48.5 Å². The molecule has 0 aliphatic carbocycles. The average Bonchev–Trinajstić information content (AvgIpc) is 2.99. The van der Waals surface area contributed by atoms with E-state index in [9.17, 15) is 14.4 Å². The molecule has 1 N–H and O–H groups in total. The van der Waals surface area contributed by atoms with Gasteiger partial charge < -0.3 is 15.0 Å². The number of benzene rings is 3. The number of hydrogen-bond acceptors (Lipinski definition) is 5. The molecule has 0 saturated carbocycles. The summed E-state index contributed by atoms with van der Waals surface area (Å²) in [6.07, 6.45) is 3.22. The third kappa shape index (κ3) is 10.4. The van der Waals surface area contributed by atoms with Crippen LogP contribution in [0.1, 0.15) is 67.9 Å². The maximum absolute atomic E-state index is 13.0. The maximum Gasteiger partial charge on any atom is 0.408 e. The van der Waals surface area contributed by atoms with E-state index in [2.05, 4.69) is 40.5 Å². The van der Waals surface area contributed by atoms with Gasteiger partial charge in [-0.25, -0.2) is 4.79 Å². The van der Waals surface area contributed by atoms with Crippen LogP contribution in [0.2, 0.25) is 0 Å². The summed E-state index contributed by atoms with van der Waals surface area (Å²) in [4.78, 5) is 41.4. The minimum atomic E-state index is -0.619. The van der Waals surface area contributed by atoms with Gasteiger partial charge in [0.1, 0.15) is 12.1 Å². The molecule has 0 aromatic heterocycles. The number of Topliss-reactive ketones (excluding diaryl/α,β-unsaturated/α-hetero) is 1. The Morgan fingerprint density at radius 1 is 0.884 bits per heavy atom. The Kier molecular flexibility index (Phi) is 11.1. The number of piperidine rings is 1. The quantitative estimate of drug-likeness (QED) is 0.254. The lowest BCUT2D eigenvalue weighted by molar-refractivity contribution is -0.129. The van der Waals surface area contributed by atoms with E-state index in [1.165, 1.54) is 5.56 Å². The Hall–Kier alpha value is -3.97. The van der Waals surface area contributed by atoms with Gasteiger partial charge in [0.05, 0.1) is 0 Å². The summed E-state index contributed by atoms with van der Waals surface area (Å²) < 4.78 is 5.19. The first-order valence-electron chi connectivity index (χ1n) is 15.3. The normalized spacial score (nSPS) is 14.2. The summed E-state index contributed by atoms with van der Waals surface area (Å²) in [7, 11) is 1.71. The predicted molar refractivity (Wildman–Crippen MR) is 171 cm³/mol. The number of ether oxygens (including phenoxy) is 1. The van der Waals surface area contributed by atoms with Crippen molar-refractivity contribution in [2.75, 3.05) is 26.7 Å². The molecule has 7 nitrogen and oxygen atoms in total. The zero-order valence-electron chi connectivity index (χ0n) is 26.0. The van der Waals surface area contributed by atoms with Gasteiger partial charge in [-0.1, -0.05) is 72.8 Å². The second kappa shape index (κ2) is 15.0. The number of amides is 2. The Bertz CT molecular complexity index is 1360. The number of carbonyl (C=O) groups is 3. The number of nitrogens with zero attached hydrogens (tertiary/aromatic N) is 2. The van der Waals surface area contributed by atoms with Gasteiger partial charge in [0.2, 0.25) is 5.91 Å². The Labute approximate surface area is 256 Å². The summed E-state index contributed by atoms with van der Waals surface area (Å²) >= 11 is 0. The highest BCUT2D eigenvalue weighted by atomic mass is 16.6. The number of nitrogens with one attached hydrogen (secondary N) is 1. The van der Waals surface area contributed by atoms with Gasteiger partial charge in [-0.2, -0.15) is 0 Å². The Balaban J connectivity index is 1.22. The summed E-state index contributed by atoms with van der Waals surface area (Å²) in [6.45, 7) is 8.79. The van der Waals surface area contributed by atoms with Crippen LogP contribution in [-0.4, -0.2) is 59.9 Å². The number of rotatable bonds is 11. The first-order valence-corrected chi connectivity index (χ1v) is 15.3. The number of carbonyl (C=O) groups excluding carboxylic acids is 3. The van der Waals surface area contributed by atoms with Gasteiger partial charge >= 0.3 is 6.09 Å². The summed E-state index contributed by atoms with van der Waals surface area (Å²) in [6, 6.07) is 26.5. The summed E-state index contributed by atoms with van der Waals surface area (Å²) in [5.74, 6) is 0.597. The van der Waals surface area contributed by atoms with Crippen LogP contribution in [0, 0.1) is 5.92 Å². The Morgan fingerprint density at radius 3 is 2.23 bits per heavy atom. The van der Waals surface area contributed by atoms with Crippen molar-refractivity contribution in [3.05, 3.63) is 95.6 Å². The lowest BCUT2D eigenvalue weighted by atomic mass is 9.90. The van der Waals surface area contributed by atoms with Crippen LogP contribution in [0.3, 0.4) is 0 Å². The van der Waals surface area contributed by atoms with Crippen LogP contribution < -0.4 is 5.32 Å². The van der Waals surface area contributed by atoms with Gasteiger partial charge in [0, 0.05) is 32.1 Å². The molecule has 228 valence electrons. The molecular weight excluding hydrogens is 538 g/mol. The standard InChI is InChI=1S/C36H45N3O4/c1-36(2,3)43-35(42)37-24-34(41)38(4)25-29-11-8-12-32(23-29)30-14-16-31(17-15-30)33(40)18-13-27-19-21-39(22-20-27)26-28-9-6-5-7-10-28/h5-12,14-17,23,27H,13,18-22,24-26H2,1-4H3,(H,37,42). The van der Waals surface area contributed by atoms with Crippen molar-refractivity contribution in [2.45, 2.75) is 65.1 Å². The van der Waals surface area contributed by atoms with E-state index in [0.29, 0.717) is 18.9 Å². The molecule has 0 bridgehead atoms. The van der Waals surface area contributed by atoms with E-state index < -0.39 is 11.7 Å². The smallest absolute Gasteiger partial charge is 0.408 e. The molecule has 7 heteroatoms. The zero-order valence-corrected chi connectivity index (χ0v) is 26.0. The molecule has 0 atom stereocenters. The fourth-order valence-electron chi connectivity index (χ4n) is 5.41. The minimum absolute atomic E-state index is 0.131. The number of hydrogen-bond donors (Lipinski definition) is 1. The minimum Gasteiger partial charge on any atom is -0.444 e. The van der Waals surface area contributed by atoms with E-state index >= 15 is 0 Å². The van der Waals surface area contributed by atoms with E-state index in [4.69, 9.17) is 4.74 Å². The van der Waals surface area contributed by atoms with Crippen molar-refractivity contribution < 1.29 is 19.1 Å². The van der Waals surface area contributed by atoms with Crippen molar-refractivity contribution in [2.24, 2.45) is 5.92 Å². The maximum atomic E-state index is 13.0. The highest BCUT2D eigenvalue weighted by Gasteiger charge is 2.21. The molecule has 0 spiro atoms. The number of likely N-dealkylation sites (N-methyl/N-ethyl adjacent to an activating group) is 1. The molecule has 1 saturated heterocycles. The molecule has 4 rings (SSSR count). The largest absolute Gasteiger partial charge is 0.444 e. The van der Waals surface area contributed by atoms with Gasteiger partial charge in [-0.3, -0.25) is 14.5 Å². The first kappa shape index (κ1) is 32.0. The number of alkyl carbamates (subject to hydrolysis) is 1. The van der Waals surface area contributed by atoms with Gasteiger partial charge in [-0.05, 0) is 87.4 Å². The highest BCUT2D eigenvalue weighted by molar-refractivity contribution is 5.96. The number of likely N-dealkylation sites (tertiary alicyclic amines) is 1. The monoisotopic (exact) mass is 583 g/mol. The summed E-state index contributed by atoms with van der Waals surface area (Å²) in [5, 5.41) is 2.51. The van der Waals surface area contributed by atoms with E-state index in [0.717, 1.165) is 61.2 Å². The molecule has 1 heterocycles. The van der Waals surface area contributed by atoms with E-state index in [-0.39, 0.29) is 18.2 Å². The topological polar surface area (TPSA) is 79.0 Å². The third-order valence-corrected chi connectivity index (χ3v) is 7.83. The molecule has 43 heavy (non-hydrogen) atoms. The predicted octanol–water partition coefficient (Wildman–Crippen LogP) is 6.71. The first-order chi connectivity index (χ1) is 20.6. The third-order valence-electron chi connectivity index (χ3n) is 7.83. The van der Waals surface area contributed by atoms with Crippen molar-refractivity contribution >= 4 is 17.8 Å². The van der Waals surface area contributed by atoms with Crippen LogP contribution in [0.15, 0.2) is 78.9 Å². The average molecular weight is 584 g/mol. The lowest BCUT2D eigenvalue weighted by Crippen LogP contribution is -2.40. The molecule has 0 unspecified atom stereocenters. The zero-order chi connectivity index (χ0) is 30.8. The molecule has 2 amide bonds. The van der Waals surface area contributed by atoms with Gasteiger partial charge in [0.25, 0.3) is 0 Å². The van der Waals surface area contributed by atoms with Crippen LogP contribution in [0.25, 0.3) is 11.1 Å². The van der Waals surface area contributed by atoms with Crippen molar-refractivity contribution in [3.63, 3.8) is 0 Å². The SMILES string of the molecule is CN(Cc1cccc(-c2ccc(C(=O)CCC3CCN(Cc4ccccc4)CC3)cc2)c1)C(=O)CNC(=O)OC(C)(C)C. The fourth-order valence-corrected chi connectivity index (χ4v) is 5.41. The summed E-state index contributed by atoms with van der Waals surface area (Å²) in [5.41, 5.74) is 4.51. The van der Waals surface area contributed by atoms with Crippen LogP contribution >= 0.6 is 0 Å². The molecule has 1 aliphatic rings. The van der Waals surface area contributed by atoms with Crippen molar-refractivity contribution in [1.29, 1.82) is 0 Å². The van der Waals surface area contributed by atoms with Crippen LogP contribution in [0.4, 0.5) is 4.79 Å². The number of ketones is 1. The second-order valence-electron chi connectivity index (χ2n) is 12.5. The van der Waals surface area contributed by atoms with Crippen molar-refractivity contribution in [3.8, 4) is 11.1 Å². The molecule has 0 radical (unpaired) electrons. The fraction of sp³-hybridized carbons (Fsp3) is 0.417. The second-order valence-corrected chi connectivity index (χ2v) is 12.5. The van der Waals surface area contributed by atoms with Gasteiger partial charge in [-0.15, -0.1) is 0 Å². The highest BCUT2D eigenvalue weighted by Crippen LogP contribution is 2.26. The van der Waals surface area contributed by atoms with Crippen LogP contribution in [0.5, 0.6) is 0 Å².